The Hall–Kier alpha value is -1.26. The lowest BCUT2D eigenvalue weighted by Crippen LogP contribution is -2.00. The van der Waals surface area contributed by atoms with Gasteiger partial charge >= 0.3 is 0 Å². The molecule has 0 saturated carbocycles. The SMILES string of the molecule is COc1ccc(CNc2ccc(Cl)nc2)cc1Br. The summed E-state index contributed by atoms with van der Waals surface area (Å²) in [5.41, 5.74) is 2.09. The molecule has 2 rings (SSSR count). The van der Waals surface area contributed by atoms with Gasteiger partial charge in [-0.1, -0.05) is 17.7 Å². The van der Waals surface area contributed by atoms with Crippen molar-refractivity contribution in [2.45, 2.75) is 6.54 Å². The van der Waals surface area contributed by atoms with E-state index in [1.165, 1.54) is 0 Å². The zero-order chi connectivity index (χ0) is 13.0. The summed E-state index contributed by atoms with van der Waals surface area (Å²) in [7, 11) is 1.65. The van der Waals surface area contributed by atoms with E-state index in [2.05, 4.69) is 26.2 Å². The quantitative estimate of drug-likeness (QED) is 0.858. The van der Waals surface area contributed by atoms with Crippen LogP contribution in [0.15, 0.2) is 41.0 Å². The Morgan fingerprint density at radius 2 is 2.17 bits per heavy atom. The molecule has 0 fully saturated rings. The number of pyridine rings is 1. The average Bonchev–Trinajstić information content (AvgIpc) is 2.38. The molecule has 2 aromatic rings. The van der Waals surface area contributed by atoms with E-state index in [9.17, 15) is 0 Å². The Balaban J connectivity index is 2.02. The van der Waals surface area contributed by atoms with Gasteiger partial charge in [0.1, 0.15) is 10.9 Å². The first-order valence-corrected chi connectivity index (χ1v) is 6.54. The Morgan fingerprint density at radius 1 is 1.33 bits per heavy atom. The summed E-state index contributed by atoms with van der Waals surface area (Å²) in [5, 5.41) is 3.76. The van der Waals surface area contributed by atoms with Crippen molar-refractivity contribution in [3.05, 3.63) is 51.7 Å². The molecule has 0 bridgehead atoms. The van der Waals surface area contributed by atoms with Gasteiger partial charge in [-0.25, -0.2) is 4.98 Å². The van der Waals surface area contributed by atoms with Crippen LogP contribution in [0, 0.1) is 0 Å². The minimum atomic E-state index is 0.493. The number of ether oxygens (including phenoxy) is 1. The monoisotopic (exact) mass is 326 g/mol. The highest BCUT2D eigenvalue weighted by Crippen LogP contribution is 2.25. The van der Waals surface area contributed by atoms with Crippen LogP contribution in [-0.4, -0.2) is 12.1 Å². The molecule has 5 heteroatoms. The Bertz CT molecular complexity index is 531. The first-order chi connectivity index (χ1) is 8.69. The van der Waals surface area contributed by atoms with Crippen LogP contribution >= 0.6 is 27.5 Å². The van der Waals surface area contributed by atoms with Crippen molar-refractivity contribution >= 4 is 33.2 Å². The van der Waals surface area contributed by atoms with Crippen molar-refractivity contribution in [1.82, 2.24) is 4.98 Å². The van der Waals surface area contributed by atoms with Crippen molar-refractivity contribution in [1.29, 1.82) is 0 Å². The smallest absolute Gasteiger partial charge is 0.133 e. The summed E-state index contributed by atoms with van der Waals surface area (Å²) >= 11 is 9.18. The topological polar surface area (TPSA) is 34.1 Å². The van der Waals surface area contributed by atoms with E-state index in [0.717, 1.165) is 21.5 Å². The molecule has 18 heavy (non-hydrogen) atoms. The van der Waals surface area contributed by atoms with Gasteiger partial charge in [-0.05, 0) is 45.8 Å². The van der Waals surface area contributed by atoms with E-state index < -0.39 is 0 Å². The van der Waals surface area contributed by atoms with Crippen LogP contribution in [0.3, 0.4) is 0 Å². The van der Waals surface area contributed by atoms with Gasteiger partial charge in [-0.3, -0.25) is 0 Å². The maximum Gasteiger partial charge on any atom is 0.133 e. The number of nitrogens with zero attached hydrogens (tertiary/aromatic N) is 1. The fourth-order valence-corrected chi connectivity index (χ4v) is 2.20. The second-order valence-corrected chi connectivity index (χ2v) is 4.93. The molecule has 0 saturated heterocycles. The van der Waals surface area contributed by atoms with Crippen LogP contribution < -0.4 is 10.1 Å². The van der Waals surface area contributed by atoms with E-state index in [4.69, 9.17) is 16.3 Å². The first kappa shape index (κ1) is 13.2. The molecule has 94 valence electrons. The van der Waals surface area contributed by atoms with E-state index in [-0.39, 0.29) is 0 Å². The third-order valence-electron chi connectivity index (χ3n) is 2.44. The number of halogens is 2. The third-order valence-corrected chi connectivity index (χ3v) is 3.28. The summed E-state index contributed by atoms with van der Waals surface area (Å²) in [4.78, 5) is 4.01. The van der Waals surface area contributed by atoms with Crippen LogP contribution in [0.25, 0.3) is 0 Å². The zero-order valence-electron chi connectivity index (χ0n) is 9.78. The summed E-state index contributed by atoms with van der Waals surface area (Å²) in [6, 6.07) is 9.62. The molecular weight excluding hydrogens is 316 g/mol. The van der Waals surface area contributed by atoms with Crippen LogP contribution in [0.1, 0.15) is 5.56 Å². The van der Waals surface area contributed by atoms with Crippen molar-refractivity contribution in [2.75, 3.05) is 12.4 Å². The fraction of sp³-hybridized carbons (Fsp3) is 0.154. The molecule has 1 N–H and O–H groups in total. The van der Waals surface area contributed by atoms with Gasteiger partial charge in [0, 0.05) is 6.54 Å². The minimum absolute atomic E-state index is 0.493. The van der Waals surface area contributed by atoms with Gasteiger partial charge < -0.3 is 10.1 Å². The number of hydrogen-bond acceptors (Lipinski definition) is 3. The van der Waals surface area contributed by atoms with Gasteiger partial charge in [0.15, 0.2) is 0 Å². The molecule has 1 heterocycles. The molecule has 0 aliphatic rings. The highest BCUT2D eigenvalue weighted by Gasteiger charge is 2.01. The normalized spacial score (nSPS) is 10.2. The minimum Gasteiger partial charge on any atom is -0.496 e. The Kier molecular flexibility index (Phi) is 4.44. The molecule has 0 radical (unpaired) electrons. The van der Waals surface area contributed by atoms with Crippen molar-refractivity contribution < 1.29 is 4.74 Å². The molecule has 0 unspecified atom stereocenters. The van der Waals surface area contributed by atoms with E-state index in [0.29, 0.717) is 11.7 Å². The maximum absolute atomic E-state index is 5.72. The number of benzene rings is 1. The lowest BCUT2D eigenvalue weighted by Gasteiger charge is -2.08. The number of hydrogen-bond donors (Lipinski definition) is 1. The number of methoxy groups -OCH3 is 1. The van der Waals surface area contributed by atoms with Crippen LogP contribution in [-0.2, 0) is 6.54 Å². The van der Waals surface area contributed by atoms with E-state index in [1.807, 2.05) is 24.3 Å². The maximum atomic E-state index is 5.72. The van der Waals surface area contributed by atoms with Crippen LogP contribution in [0.5, 0.6) is 5.75 Å². The van der Waals surface area contributed by atoms with Crippen LogP contribution in [0.2, 0.25) is 5.15 Å². The molecule has 1 aromatic carbocycles. The van der Waals surface area contributed by atoms with Gasteiger partial charge in [-0.15, -0.1) is 0 Å². The summed E-state index contributed by atoms with van der Waals surface area (Å²) in [6.45, 7) is 0.714. The van der Waals surface area contributed by atoms with E-state index in [1.54, 1.807) is 19.4 Å². The highest BCUT2D eigenvalue weighted by atomic mass is 79.9. The largest absolute Gasteiger partial charge is 0.496 e. The molecule has 0 atom stereocenters. The fourth-order valence-electron chi connectivity index (χ4n) is 1.50. The van der Waals surface area contributed by atoms with Gasteiger partial charge in [0.05, 0.1) is 23.5 Å². The molecule has 0 spiro atoms. The average molecular weight is 328 g/mol. The number of nitrogens with one attached hydrogen (secondary N) is 1. The van der Waals surface area contributed by atoms with E-state index >= 15 is 0 Å². The summed E-state index contributed by atoms with van der Waals surface area (Å²) < 4.78 is 6.13. The van der Waals surface area contributed by atoms with Gasteiger partial charge in [0.2, 0.25) is 0 Å². The van der Waals surface area contributed by atoms with Crippen LogP contribution in [0.4, 0.5) is 5.69 Å². The molecule has 1 aromatic heterocycles. The predicted molar refractivity (Wildman–Crippen MR) is 77.3 cm³/mol. The molecule has 0 aliphatic heterocycles. The van der Waals surface area contributed by atoms with Gasteiger partial charge in [-0.2, -0.15) is 0 Å². The molecular formula is C13H12BrClN2O. The summed E-state index contributed by atoms with van der Waals surface area (Å²) in [5.74, 6) is 0.826. The third kappa shape index (κ3) is 3.37. The van der Waals surface area contributed by atoms with Crippen molar-refractivity contribution in [3.8, 4) is 5.75 Å². The lowest BCUT2D eigenvalue weighted by atomic mass is 10.2. The zero-order valence-corrected chi connectivity index (χ0v) is 12.1. The molecule has 0 amide bonds. The first-order valence-electron chi connectivity index (χ1n) is 5.37. The predicted octanol–water partition coefficient (Wildman–Crippen LogP) is 4.12. The number of anilines is 1. The second-order valence-electron chi connectivity index (χ2n) is 3.69. The summed E-state index contributed by atoms with van der Waals surface area (Å²) in [6.07, 6.45) is 1.71. The molecule has 0 aliphatic carbocycles. The molecule has 3 nitrogen and oxygen atoms in total. The van der Waals surface area contributed by atoms with Crippen molar-refractivity contribution in [2.24, 2.45) is 0 Å². The standard InChI is InChI=1S/C13H12BrClN2O/c1-18-12-4-2-9(6-11(12)14)7-16-10-3-5-13(15)17-8-10/h2-6,8,16H,7H2,1H3. The van der Waals surface area contributed by atoms with Crippen molar-refractivity contribution in [3.63, 3.8) is 0 Å². The second kappa shape index (κ2) is 6.07. The Morgan fingerprint density at radius 3 is 2.78 bits per heavy atom. The lowest BCUT2D eigenvalue weighted by molar-refractivity contribution is 0.412. The number of aromatic nitrogens is 1. The van der Waals surface area contributed by atoms with Gasteiger partial charge in [0.25, 0.3) is 0 Å². The number of rotatable bonds is 4. The Labute approximate surface area is 119 Å². The highest BCUT2D eigenvalue weighted by molar-refractivity contribution is 9.10.